The van der Waals surface area contributed by atoms with Gasteiger partial charge in [-0.25, -0.2) is 30.0 Å². The highest BCUT2D eigenvalue weighted by Crippen LogP contribution is 2.45. The van der Waals surface area contributed by atoms with Gasteiger partial charge in [0.25, 0.3) is 0 Å². The van der Waals surface area contributed by atoms with Gasteiger partial charge in [0.1, 0.15) is 22.6 Å². The third-order valence-electron chi connectivity index (χ3n) is 9.42. The van der Waals surface area contributed by atoms with Crippen molar-refractivity contribution in [3.63, 3.8) is 0 Å². The number of halogens is 4. The third kappa shape index (κ3) is 5.55. The van der Waals surface area contributed by atoms with E-state index >= 15 is 0 Å². The fourth-order valence-corrected chi connectivity index (χ4v) is 18.6. The van der Waals surface area contributed by atoms with E-state index < -0.39 is 25.5 Å². The Morgan fingerprint density at radius 3 is 1.42 bits per heavy atom. The lowest BCUT2D eigenvalue weighted by Crippen LogP contribution is -2.69. The van der Waals surface area contributed by atoms with E-state index in [0.717, 1.165) is 43.8 Å². The molecule has 0 aliphatic carbocycles. The zero-order chi connectivity index (χ0) is 38.3. The summed E-state index contributed by atoms with van der Waals surface area (Å²) in [6.07, 6.45) is 0. The van der Waals surface area contributed by atoms with E-state index in [1.165, 1.54) is 0 Å². The molecule has 55 heavy (non-hydrogen) atoms. The molecule has 0 spiro atoms. The van der Waals surface area contributed by atoms with E-state index in [1.807, 2.05) is 72.8 Å². The quantitative estimate of drug-likeness (QED) is 0.165. The van der Waals surface area contributed by atoms with Gasteiger partial charge >= 0.3 is 8.88 Å². The summed E-state index contributed by atoms with van der Waals surface area (Å²) in [6.45, 7) is 12.9. The number of hydrogen-bond acceptors (Lipinski definition) is 8. The van der Waals surface area contributed by atoms with Gasteiger partial charge in [-0.15, -0.1) is 0 Å². The summed E-state index contributed by atoms with van der Waals surface area (Å²) >= 11 is 27.0. The molecule has 4 aromatic carbocycles. The smallest absolute Gasteiger partial charge is 0.404 e. The lowest BCUT2D eigenvalue weighted by Gasteiger charge is -2.41. The number of aromatic nitrogens is 2. The van der Waals surface area contributed by atoms with E-state index in [1.54, 1.807) is 0 Å². The van der Waals surface area contributed by atoms with Gasteiger partial charge in [-0.05, 0) is 112 Å². The molecule has 4 aliphatic heterocycles. The molecular formula is C38H30Cl4N8O2Si3. The standard InChI is InChI=1S/C38H30Cl4N8O2Si3/c1-53(2,3)51-55(52-54(4,5)6)49-36-25-13-9-21(41)17-29(25)37(49)45-31-23-11-7-19(39)15-27(23)33(43-31)47-35-26-14-10-22(42)18-30(26)38(50(35)55)46-32-24-12-8-20(40)16-28(24)34(44-32)48-36/h7-18H,1-6H3/b45-31-,45-37?,46-32?,46-38-,47-33?,47-35-,48-34-,48-36?. The van der Waals surface area contributed by atoms with Crippen LogP contribution in [0.25, 0.3) is 21.5 Å². The predicted molar refractivity (Wildman–Crippen MR) is 230 cm³/mol. The molecule has 6 heterocycles. The number of aliphatic imine (C=N–C) groups is 4. The minimum atomic E-state index is -4.23. The summed E-state index contributed by atoms with van der Waals surface area (Å²) in [4.78, 5) is 31.9. The number of fused-ring (bicyclic) bond motifs is 14. The maximum absolute atomic E-state index is 7.74. The molecule has 0 saturated heterocycles. The molecular weight excluding hydrogens is 827 g/mol. The Morgan fingerprint density at radius 2 is 0.855 bits per heavy atom. The van der Waals surface area contributed by atoms with Crippen molar-refractivity contribution in [2.45, 2.75) is 39.3 Å². The van der Waals surface area contributed by atoms with Gasteiger partial charge in [-0.1, -0.05) is 46.4 Å². The average molecular weight is 857 g/mol. The van der Waals surface area contributed by atoms with Crippen LogP contribution in [-0.2, 0) is 8.23 Å². The third-order valence-corrected chi connectivity index (χ3v) is 19.4. The zero-order valence-corrected chi connectivity index (χ0v) is 36.4. The minimum Gasteiger partial charge on any atom is -0.404 e. The van der Waals surface area contributed by atoms with E-state index in [9.17, 15) is 0 Å². The Balaban J connectivity index is 1.56. The van der Waals surface area contributed by atoms with Gasteiger partial charge < -0.3 is 8.23 Å². The Kier molecular flexibility index (Phi) is 7.72. The minimum absolute atomic E-state index is 0.440. The molecule has 4 aliphatic rings. The van der Waals surface area contributed by atoms with Gasteiger partial charge in [-0.3, -0.25) is 8.47 Å². The Hall–Kier alpha value is -4.03. The average Bonchev–Trinajstić information content (AvgIpc) is 3.78. The van der Waals surface area contributed by atoms with E-state index in [2.05, 4.69) is 47.7 Å². The summed E-state index contributed by atoms with van der Waals surface area (Å²) in [7, 11) is -9.42. The lowest BCUT2D eigenvalue weighted by atomic mass is 10.1. The van der Waals surface area contributed by atoms with Crippen molar-refractivity contribution in [1.29, 1.82) is 0 Å². The van der Waals surface area contributed by atoms with Crippen LogP contribution in [0, 0.1) is 0 Å². The van der Waals surface area contributed by atoms with E-state index in [-0.39, 0.29) is 0 Å². The van der Waals surface area contributed by atoms with Crippen molar-refractivity contribution in [3.05, 3.63) is 126 Å². The monoisotopic (exact) mass is 854 g/mol. The zero-order valence-electron chi connectivity index (χ0n) is 30.3. The maximum atomic E-state index is 7.74. The van der Waals surface area contributed by atoms with Crippen LogP contribution in [0.2, 0.25) is 59.4 Å². The van der Waals surface area contributed by atoms with Crippen LogP contribution in [0.4, 0.5) is 11.6 Å². The van der Waals surface area contributed by atoms with Crippen LogP contribution in [0.5, 0.6) is 0 Å². The molecule has 0 N–H and O–H groups in total. The SMILES string of the molecule is C[Si](C)(C)O[Si]1(O[Si](C)(C)C)n2c3c4cc(Cl)ccc4c2/N=C2N=C(/N=c4/c5cc(Cl)ccc5/c(n41)=N/C1=NC(=N\3)/c3ccc(Cl)cc31)c1ccc(Cl)cc1\2. The number of nitrogens with zero attached hydrogens (tertiary/aromatic N) is 8. The molecule has 10 rings (SSSR count). The summed E-state index contributed by atoms with van der Waals surface area (Å²) in [5.74, 6) is 2.85. The van der Waals surface area contributed by atoms with Crippen LogP contribution in [0.15, 0.2) is 103 Å². The molecule has 6 aromatic rings. The van der Waals surface area contributed by atoms with Crippen molar-refractivity contribution < 1.29 is 8.23 Å². The fourth-order valence-electron chi connectivity index (χ4n) is 7.53. The van der Waals surface area contributed by atoms with Gasteiger partial charge in [0.15, 0.2) is 40.0 Å². The molecule has 0 saturated carbocycles. The summed E-state index contributed by atoms with van der Waals surface area (Å²) < 4.78 is 19.6. The second-order valence-corrected chi connectivity index (χ2v) is 29.5. The topological polar surface area (TPSA) is 102 Å². The Bertz CT molecular complexity index is 3010. The van der Waals surface area contributed by atoms with Crippen LogP contribution >= 0.6 is 46.4 Å². The molecule has 10 nitrogen and oxygen atoms in total. The molecule has 274 valence electrons. The molecule has 0 amide bonds. The second kappa shape index (κ2) is 12.0. The highest BCUT2D eigenvalue weighted by Gasteiger charge is 2.56. The largest absolute Gasteiger partial charge is 0.582 e. The molecule has 0 unspecified atom stereocenters. The van der Waals surface area contributed by atoms with Gasteiger partial charge in [0.05, 0.1) is 0 Å². The van der Waals surface area contributed by atoms with E-state index in [4.69, 9.17) is 84.6 Å². The predicted octanol–water partition coefficient (Wildman–Crippen LogP) is 9.69. The number of benzene rings is 4. The summed E-state index contributed by atoms with van der Waals surface area (Å²) in [5.41, 5.74) is 4.09. The lowest BCUT2D eigenvalue weighted by molar-refractivity contribution is 0.340. The van der Waals surface area contributed by atoms with E-state index in [0.29, 0.717) is 66.0 Å². The molecule has 2 aromatic heterocycles. The number of rotatable bonds is 4. The second-order valence-electron chi connectivity index (χ2n) is 15.7. The Labute approximate surface area is 338 Å². The van der Waals surface area contributed by atoms with Crippen molar-refractivity contribution in [1.82, 2.24) is 8.47 Å². The molecule has 6 bridgehead atoms. The van der Waals surface area contributed by atoms with Crippen molar-refractivity contribution >= 4 is 128 Å². The van der Waals surface area contributed by atoms with Crippen molar-refractivity contribution in [2.24, 2.45) is 30.0 Å². The highest BCUT2D eigenvalue weighted by molar-refractivity contribution is 6.87. The first-order chi connectivity index (χ1) is 26.1. The first kappa shape index (κ1) is 35.4. The van der Waals surface area contributed by atoms with Gasteiger partial charge in [0.2, 0.25) is 0 Å². The fraction of sp³-hybridized carbons (Fsp3) is 0.158. The van der Waals surface area contributed by atoms with Crippen molar-refractivity contribution in [2.75, 3.05) is 0 Å². The summed E-state index contributed by atoms with van der Waals surface area (Å²) in [6, 6.07) is 22.7. The van der Waals surface area contributed by atoms with Crippen LogP contribution in [0.3, 0.4) is 0 Å². The van der Waals surface area contributed by atoms with Crippen molar-refractivity contribution in [3.8, 4) is 0 Å². The van der Waals surface area contributed by atoms with Crippen LogP contribution in [-0.4, -0.2) is 57.3 Å². The number of amidine groups is 4. The van der Waals surface area contributed by atoms with Crippen LogP contribution in [0.1, 0.15) is 22.3 Å². The molecule has 0 radical (unpaired) electrons. The molecule has 17 heteroatoms. The van der Waals surface area contributed by atoms with Gasteiger partial charge in [-0.2, -0.15) is 0 Å². The number of hydrogen-bond donors (Lipinski definition) is 0. The first-order valence-electron chi connectivity index (χ1n) is 17.5. The normalized spacial score (nSPS) is 19.6. The highest BCUT2D eigenvalue weighted by atomic mass is 35.5. The maximum Gasteiger partial charge on any atom is 0.582 e. The van der Waals surface area contributed by atoms with Crippen LogP contribution < -0.4 is 11.0 Å². The molecule has 0 atom stereocenters. The van der Waals surface area contributed by atoms with Gasteiger partial charge in [0, 0.05) is 63.9 Å². The Morgan fingerprint density at radius 1 is 0.436 bits per heavy atom. The molecule has 0 fully saturated rings. The first-order valence-corrected chi connectivity index (χ1v) is 27.6. The summed E-state index contributed by atoms with van der Waals surface area (Å²) in [5, 5.41) is 5.16.